The molecular weight excluding hydrogens is 280 g/mol. The number of fused-ring (bicyclic) bond motifs is 3. The Labute approximate surface area is 137 Å². The van der Waals surface area contributed by atoms with Gasteiger partial charge in [0.05, 0.1) is 5.54 Å². The second-order valence-corrected chi connectivity index (χ2v) is 6.99. The van der Waals surface area contributed by atoms with Gasteiger partial charge in [-0.25, -0.2) is 0 Å². The van der Waals surface area contributed by atoms with Crippen LogP contribution in [0.5, 0.6) is 0 Å². The molecule has 0 unspecified atom stereocenters. The second-order valence-electron chi connectivity index (χ2n) is 6.99. The molecule has 1 aliphatic carbocycles. The molecule has 118 valence electrons. The summed E-state index contributed by atoms with van der Waals surface area (Å²) in [5.41, 5.74) is 5.49. The third kappa shape index (κ3) is 2.47. The van der Waals surface area contributed by atoms with Crippen LogP contribution in [-0.4, -0.2) is 4.98 Å². The Kier molecular flexibility index (Phi) is 3.50. The molecule has 0 spiro atoms. The van der Waals surface area contributed by atoms with E-state index in [1.54, 1.807) is 0 Å². The predicted octanol–water partition coefficient (Wildman–Crippen LogP) is 5.07. The van der Waals surface area contributed by atoms with E-state index in [1.165, 1.54) is 47.0 Å². The van der Waals surface area contributed by atoms with Gasteiger partial charge >= 0.3 is 0 Å². The molecule has 1 aromatic heterocycles. The van der Waals surface area contributed by atoms with Gasteiger partial charge in [-0.2, -0.15) is 0 Å². The molecule has 1 aliphatic rings. The highest BCUT2D eigenvalue weighted by Gasteiger charge is 2.35. The van der Waals surface area contributed by atoms with E-state index in [1.807, 2.05) is 0 Å². The monoisotopic (exact) mass is 304 g/mol. The minimum absolute atomic E-state index is 0.00185. The predicted molar refractivity (Wildman–Crippen MR) is 96.6 cm³/mol. The molecule has 23 heavy (non-hydrogen) atoms. The number of H-pyrrole nitrogens is 1. The summed E-state index contributed by atoms with van der Waals surface area (Å²) in [7, 11) is 0. The smallest absolute Gasteiger partial charge is 0.0565 e. The third-order valence-corrected chi connectivity index (χ3v) is 5.30. The molecule has 2 heteroatoms. The number of rotatable bonds is 3. The summed E-state index contributed by atoms with van der Waals surface area (Å²) in [5.74, 6) is 0. The Balaban J connectivity index is 1.72. The first kappa shape index (κ1) is 14.5. The third-order valence-electron chi connectivity index (χ3n) is 5.30. The van der Waals surface area contributed by atoms with Gasteiger partial charge in [-0.15, -0.1) is 0 Å². The molecule has 0 saturated carbocycles. The molecule has 2 atom stereocenters. The molecule has 0 saturated heterocycles. The summed E-state index contributed by atoms with van der Waals surface area (Å²) in [5, 5.41) is 5.29. The summed E-state index contributed by atoms with van der Waals surface area (Å²) >= 11 is 0. The highest BCUT2D eigenvalue weighted by Crippen LogP contribution is 2.39. The first-order chi connectivity index (χ1) is 11.2. The van der Waals surface area contributed by atoms with Gasteiger partial charge in [0.25, 0.3) is 0 Å². The van der Waals surface area contributed by atoms with Crippen LogP contribution in [-0.2, 0) is 12.0 Å². The molecule has 0 amide bonds. The maximum absolute atomic E-state index is 3.90. The number of benzene rings is 2. The minimum atomic E-state index is 0.00185. The van der Waals surface area contributed by atoms with Crippen molar-refractivity contribution in [2.75, 3.05) is 0 Å². The van der Waals surface area contributed by atoms with Crippen LogP contribution >= 0.6 is 0 Å². The molecule has 0 radical (unpaired) electrons. The molecule has 0 aliphatic heterocycles. The number of aromatic nitrogens is 1. The van der Waals surface area contributed by atoms with Crippen LogP contribution < -0.4 is 5.32 Å². The average Bonchev–Trinajstić information content (AvgIpc) is 2.96. The lowest BCUT2D eigenvalue weighted by Gasteiger charge is -2.37. The van der Waals surface area contributed by atoms with Crippen molar-refractivity contribution in [2.45, 2.75) is 44.7 Å². The van der Waals surface area contributed by atoms with E-state index >= 15 is 0 Å². The second kappa shape index (κ2) is 5.54. The van der Waals surface area contributed by atoms with Gasteiger partial charge in [0, 0.05) is 22.6 Å². The maximum Gasteiger partial charge on any atom is 0.0565 e. The van der Waals surface area contributed by atoms with E-state index in [4.69, 9.17) is 0 Å². The summed E-state index contributed by atoms with van der Waals surface area (Å²) in [6, 6.07) is 19.7. The normalized spacial score (nSPS) is 22.0. The molecule has 0 bridgehead atoms. The molecule has 3 aromatic rings. The first-order valence-corrected chi connectivity index (χ1v) is 8.60. The molecule has 2 N–H and O–H groups in total. The van der Waals surface area contributed by atoms with Crippen LogP contribution in [0.3, 0.4) is 0 Å². The summed E-state index contributed by atoms with van der Waals surface area (Å²) in [4.78, 5) is 3.70. The minimum Gasteiger partial charge on any atom is -0.357 e. The summed E-state index contributed by atoms with van der Waals surface area (Å²) in [6.07, 6.45) is 3.58. The molecule has 2 aromatic carbocycles. The maximum atomic E-state index is 3.90. The fourth-order valence-electron chi connectivity index (χ4n) is 4.12. The Bertz CT molecular complexity index is 818. The zero-order valence-corrected chi connectivity index (χ0v) is 13.9. The number of hydrogen-bond donors (Lipinski definition) is 2. The van der Waals surface area contributed by atoms with Gasteiger partial charge in [-0.1, -0.05) is 48.5 Å². The van der Waals surface area contributed by atoms with Gasteiger partial charge in [0.1, 0.15) is 0 Å². The average molecular weight is 304 g/mol. The van der Waals surface area contributed by atoms with Crippen molar-refractivity contribution in [3.63, 3.8) is 0 Å². The largest absolute Gasteiger partial charge is 0.357 e. The SMILES string of the molecule is C[C@@H](N[C@]1(C)CCCc2c1[nH]c1ccccc21)c1ccccc1. The van der Waals surface area contributed by atoms with Gasteiger partial charge in [-0.3, -0.25) is 5.32 Å². The lowest BCUT2D eigenvalue weighted by atomic mass is 9.80. The van der Waals surface area contributed by atoms with Crippen molar-refractivity contribution in [3.05, 3.63) is 71.4 Å². The van der Waals surface area contributed by atoms with Gasteiger partial charge in [-0.05, 0) is 50.3 Å². The summed E-state index contributed by atoms with van der Waals surface area (Å²) < 4.78 is 0. The zero-order valence-electron chi connectivity index (χ0n) is 13.9. The Morgan fingerprint density at radius 1 is 1.04 bits per heavy atom. The molecular formula is C21H24N2. The van der Waals surface area contributed by atoms with Crippen LogP contribution in [0.25, 0.3) is 10.9 Å². The number of aromatic amines is 1. The number of hydrogen-bond acceptors (Lipinski definition) is 1. The Hall–Kier alpha value is -2.06. The van der Waals surface area contributed by atoms with Crippen LogP contribution in [0.4, 0.5) is 0 Å². The van der Waals surface area contributed by atoms with Crippen molar-refractivity contribution in [1.29, 1.82) is 0 Å². The molecule has 2 nitrogen and oxygen atoms in total. The first-order valence-electron chi connectivity index (χ1n) is 8.60. The van der Waals surface area contributed by atoms with E-state index in [-0.39, 0.29) is 5.54 Å². The molecule has 4 rings (SSSR count). The van der Waals surface area contributed by atoms with Crippen LogP contribution in [0.1, 0.15) is 49.6 Å². The van der Waals surface area contributed by atoms with Crippen LogP contribution in [0.15, 0.2) is 54.6 Å². The van der Waals surface area contributed by atoms with Crippen molar-refractivity contribution in [2.24, 2.45) is 0 Å². The molecule has 1 heterocycles. The highest BCUT2D eigenvalue weighted by atomic mass is 15.0. The van der Waals surface area contributed by atoms with Crippen molar-refractivity contribution >= 4 is 10.9 Å². The van der Waals surface area contributed by atoms with Crippen LogP contribution in [0.2, 0.25) is 0 Å². The van der Waals surface area contributed by atoms with Gasteiger partial charge in [0.2, 0.25) is 0 Å². The zero-order chi connectivity index (χ0) is 15.9. The van der Waals surface area contributed by atoms with Gasteiger partial charge < -0.3 is 4.98 Å². The van der Waals surface area contributed by atoms with E-state index in [9.17, 15) is 0 Å². The van der Waals surface area contributed by atoms with Gasteiger partial charge in [0.15, 0.2) is 0 Å². The van der Waals surface area contributed by atoms with E-state index < -0.39 is 0 Å². The quantitative estimate of drug-likeness (QED) is 0.694. The molecule has 0 fully saturated rings. The number of aryl methyl sites for hydroxylation is 1. The van der Waals surface area contributed by atoms with E-state index in [0.29, 0.717) is 6.04 Å². The lowest BCUT2D eigenvalue weighted by molar-refractivity contribution is 0.277. The fraction of sp³-hybridized carbons (Fsp3) is 0.333. The lowest BCUT2D eigenvalue weighted by Crippen LogP contribution is -2.43. The Morgan fingerprint density at radius 3 is 2.61 bits per heavy atom. The highest BCUT2D eigenvalue weighted by molar-refractivity contribution is 5.85. The topological polar surface area (TPSA) is 27.8 Å². The number of para-hydroxylation sites is 1. The van der Waals surface area contributed by atoms with Crippen LogP contribution in [0, 0.1) is 0 Å². The van der Waals surface area contributed by atoms with Crippen molar-refractivity contribution in [3.8, 4) is 0 Å². The standard InChI is InChI=1S/C21H24N2/c1-15(16-9-4-3-5-10-16)23-21(2)14-8-12-18-17-11-6-7-13-19(17)22-20(18)21/h3-7,9-11,13,15,22-23H,8,12,14H2,1-2H3/t15-,21-/m1/s1. The number of nitrogens with one attached hydrogen (secondary N) is 2. The Morgan fingerprint density at radius 2 is 1.78 bits per heavy atom. The van der Waals surface area contributed by atoms with Crippen molar-refractivity contribution < 1.29 is 0 Å². The van der Waals surface area contributed by atoms with E-state index in [2.05, 4.69) is 78.7 Å². The van der Waals surface area contributed by atoms with Crippen molar-refractivity contribution in [1.82, 2.24) is 10.3 Å². The summed E-state index contributed by atoms with van der Waals surface area (Å²) in [6.45, 7) is 4.61. The fourth-order valence-corrected chi connectivity index (χ4v) is 4.12. The van der Waals surface area contributed by atoms with E-state index in [0.717, 1.165) is 0 Å².